The Morgan fingerprint density at radius 2 is 1.83 bits per heavy atom. The fraction of sp³-hybridized carbons (Fsp3) is 0.458. The lowest BCUT2D eigenvalue weighted by Gasteiger charge is -2.39. The Balaban J connectivity index is 1.75. The summed E-state index contributed by atoms with van der Waals surface area (Å²) in [5, 5.41) is 3.64. The predicted molar refractivity (Wildman–Crippen MR) is 119 cm³/mol. The lowest BCUT2D eigenvalue weighted by atomic mass is 9.72. The van der Waals surface area contributed by atoms with Crippen molar-refractivity contribution in [3.8, 4) is 5.75 Å². The molecule has 0 atom stereocenters. The van der Waals surface area contributed by atoms with Crippen molar-refractivity contribution in [3.63, 3.8) is 0 Å². The third-order valence-electron chi connectivity index (χ3n) is 5.92. The Hall–Kier alpha value is -2.53. The number of methoxy groups -OCH3 is 1. The summed E-state index contributed by atoms with van der Waals surface area (Å²) in [5.41, 5.74) is 3.96. The smallest absolute Gasteiger partial charge is 0.193 e. The Labute approximate surface area is 174 Å². The number of benzene rings is 2. The Bertz CT molecular complexity index is 828. The van der Waals surface area contributed by atoms with Crippen molar-refractivity contribution in [2.45, 2.75) is 31.7 Å². The lowest BCUT2D eigenvalue weighted by molar-refractivity contribution is 0.0510. The predicted octanol–water partition coefficient (Wildman–Crippen LogP) is 3.76. The first-order chi connectivity index (χ1) is 14.1. The zero-order valence-electron chi connectivity index (χ0n) is 18.1. The second kappa shape index (κ2) is 9.79. The number of nitrogens with one attached hydrogen (secondary N) is 1. The molecule has 1 fully saturated rings. The van der Waals surface area contributed by atoms with Crippen LogP contribution in [0, 0.1) is 6.92 Å². The molecule has 0 spiro atoms. The molecular weight excluding hydrogens is 362 g/mol. The summed E-state index contributed by atoms with van der Waals surface area (Å²) >= 11 is 0. The highest BCUT2D eigenvalue weighted by Crippen LogP contribution is 2.36. The van der Waals surface area contributed by atoms with Gasteiger partial charge in [-0.2, -0.15) is 0 Å². The minimum atomic E-state index is 0.0603. The van der Waals surface area contributed by atoms with E-state index >= 15 is 0 Å². The molecule has 0 unspecified atom stereocenters. The molecule has 1 aliphatic heterocycles. The number of hydrogen-bond acceptors (Lipinski definition) is 3. The molecule has 156 valence electrons. The number of para-hydroxylation sites is 1. The van der Waals surface area contributed by atoms with Crippen molar-refractivity contribution >= 4 is 5.96 Å². The lowest BCUT2D eigenvalue weighted by Crippen LogP contribution is -2.48. The Kier molecular flexibility index (Phi) is 7.15. The number of nitrogens with zero attached hydrogens (tertiary/aromatic N) is 2. The van der Waals surface area contributed by atoms with Crippen LogP contribution in [0.1, 0.15) is 29.5 Å². The fourth-order valence-corrected chi connectivity index (χ4v) is 4.27. The summed E-state index contributed by atoms with van der Waals surface area (Å²) in [7, 11) is 5.61. The van der Waals surface area contributed by atoms with Crippen molar-refractivity contribution < 1.29 is 9.47 Å². The van der Waals surface area contributed by atoms with Gasteiger partial charge in [0, 0.05) is 51.4 Å². The first kappa shape index (κ1) is 21.2. The van der Waals surface area contributed by atoms with Crippen LogP contribution < -0.4 is 10.1 Å². The van der Waals surface area contributed by atoms with E-state index in [9.17, 15) is 0 Å². The maximum absolute atomic E-state index is 5.69. The van der Waals surface area contributed by atoms with Gasteiger partial charge in [0.25, 0.3) is 0 Å². The summed E-state index contributed by atoms with van der Waals surface area (Å²) in [6.45, 7) is 5.36. The summed E-state index contributed by atoms with van der Waals surface area (Å²) in [6.07, 6.45) is 2.02. The van der Waals surface area contributed by atoms with Crippen LogP contribution in [0.25, 0.3) is 0 Å². The van der Waals surface area contributed by atoms with Crippen LogP contribution in [0.4, 0.5) is 0 Å². The number of aliphatic imine (C=N–C) groups is 1. The molecule has 5 heteroatoms. The fourth-order valence-electron chi connectivity index (χ4n) is 4.27. The third-order valence-corrected chi connectivity index (χ3v) is 5.92. The SMILES string of the molecule is CN=C(NCC1(c2ccccc2C)CCOCC1)N(C)Cc1ccccc1OC. The number of aryl methyl sites for hydroxylation is 1. The van der Waals surface area contributed by atoms with Gasteiger partial charge in [0.05, 0.1) is 7.11 Å². The molecular formula is C24H33N3O2. The molecule has 0 aliphatic carbocycles. The molecule has 2 aromatic rings. The Morgan fingerprint density at radius 3 is 2.52 bits per heavy atom. The molecule has 0 aromatic heterocycles. The first-order valence-electron chi connectivity index (χ1n) is 10.3. The van der Waals surface area contributed by atoms with E-state index in [1.165, 1.54) is 11.1 Å². The van der Waals surface area contributed by atoms with Crippen LogP contribution in [0.3, 0.4) is 0 Å². The van der Waals surface area contributed by atoms with Crippen LogP contribution in [-0.2, 0) is 16.7 Å². The summed E-state index contributed by atoms with van der Waals surface area (Å²) in [6, 6.07) is 16.8. The number of rotatable bonds is 6. The average Bonchev–Trinajstić information content (AvgIpc) is 2.75. The van der Waals surface area contributed by atoms with Gasteiger partial charge in [-0.15, -0.1) is 0 Å². The number of hydrogen-bond donors (Lipinski definition) is 1. The van der Waals surface area contributed by atoms with E-state index in [0.29, 0.717) is 0 Å². The van der Waals surface area contributed by atoms with Crippen molar-refractivity contribution in [3.05, 3.63) is 65.2 Å². The molecule has 3 rings (SSSR count). The highest BCUT2D eigenvalue weighted by atomic mass is 16.5. The van der Waals surface area contributed by atoms with Gasteiger partial charge in [0.15, 0.2) is 5.96 Å². The molecule has 1 saturated heterocycles. The maximum Gasteiger partial charge on any atom is 0.193 e. The van der Waals surface area contributed by atoms with Crippen LogP contribution in [-0.4, -0.2) is 51.8 Å². The second-order valence-corrected chi connectivity index (χ2v) is 7.78. The maximum atomic E-state index is 5.69. The molecule has 5 nitrogen and oxygen atoms in total. The highest BCUT2D eigenvalue weighted by molar-refractivity contribution is 5.79. The van der Waals surface area contributed by atoms with E-state index in [1.807, 2.05) is 25.2 Å². The molecule has 0 saturated carbocycles. The number of ether oxygens (including phenoxy) is 2. The second-order valence-electron chi connectivity index (χ2n) is 7.78. The van der Waals surface area contributed by atoms with Gasteiger partial charge in [-0.25, -0.2) is 0 Å². The van der Waals surface area contributed by atoms with E-state index in [0.717, 1.165) is 56.4 Å². The molecule has 0 radical (unpaired) electrons. The molecule has 1 N–H and O–H groups in total. The number of guanidine groups is 1. The average molecular weight is 396 g/mol. The van der Waals surface area contributed by atoms with Gasteiger partial charge in [-0.3, -0.25) is 4.99 Å². The minimum Gasteiger partial charge on any atom is -0.496 e. The standard InChI is InChI=1S/C24H33N3O2/c1-19-9-5-7-11-21(19)24(13-15-29-16-14-24)18-26-23(25-2)27(3)17-20-10-6-8-12-22(20)28-4/h5-12H,13-18H2,1-4H3,(H,25,26). The van der Waals surface area contributed by atoms with E-state index in [-0.39, 0.29) is 5.41 Å². The quantitative estimate of drug-likeness (QED) is 0.598. The van der Waals surface area contributed by atoms with Crippen LogP contribution >= 0.6 is 0 Å². The van der Waals surface area contributed by atoms with Gasteiger partial charge in [0.2, 0.25) is 0 Å². The zero-order chi connectivity index (χ0) is 20.7. The monoisotopic (exact) mass is 395 g/mol. The first-order valence-corrected chi connectivity index (χ1v) is 10.3. The van der Waals surface area contributed by atoms with Crippen LogP contribution in [0.15, 0.2) is 53.5 Å². The van der Waals surface area contributed by atoms with Crippen LogP contribution in [0.5, 0.6) is 5.75 Å². The Morgan fingerprint density at radius 1 is 1.14 bits per heavy atom. The highest BCUT2D eigenvalue weighted by Gasteiger charge is 2.35. The summed E-state index contributed by atoms with van der Waals surface area (Å²) in [4.78, 5) is 6.67. The molecule has 1 aliphatic rings. The van der Waals surface area contributed by atoms with E-state index in [4.69, 9.17) is 9.47 Å². The van der Waals surface area contributed by atoms with E-state index < -0.39 is 0 Å². The van der Waals surface area contributed by atoms with E-state index in [1.54, 1.807) is 7.11 Å². The van der Waals surface area contributed by atoms with Crippen LogP contribution in [0.2, 0.25) is 0 Å². The van der Waals surface area contributed by atoms with Gasteiger partial charge in [0.1, 0.15) is 5.75 Å². The van der Waals surface area contributed by atoms with Crippen molar-refractivity contribution in [2.24, 2.45) is 4.99 Å². The molecule has 29 heavy (non-hydrogen) atoms. The van der Waals surface area contributed by atoms with Gasteiger partial charge >= 0.3 is 0 Å². The molecule has 2 aromatic carbocycles. The molecule has 0 bridgehead atoms. The topological polar surface area (TPSA) is 46.1 Å². The molecule has 0 amide bonds. The van der Waals surface area contributed by atoms with Gasteiger partial charge in [-0.1, -0.05) is 42.5 Å². The summed E-state index contributed by atoms with van der Waals surface area (Å²) in [5.74, 6) is 1.78. The van der Waals surface area contributed by atoms with Crippen molar-refractivity contribution in [1.29, 1.82) is 0 Å². The summed E-state index contributed by atoms with van der Waals surface area (Å²) < 4.78 is 11.2. The zero-order valence-corrected chi connectivity index (χ0v) is 18.1. The third kappa shape index (κ3) is 4.91. The van der Waals surface area contributed by atoms with Gasteiger partial charge in [-0.05, 0) is 37.0 Å². The largest absolute Gasteiger partial charge is 0.496 e. The minimum absolute atomic E-state index is 0.0603. The van der Waals surface area contributed by atoms with Gasteiger partial charge < -0.3 is 19.7 Å². The van der Waals surface area contributed by atoms with Crippen molar-refractivity contribution in [1.82, 2.24) is 10.2 Å². The molecule has 1 heterocycles. The van der Waals surface area contributed by atoms with Crippen molar-refractivity contribution in [2.75, 3.05) is 41.0 Å². The van der Waals surface area contributed by atoms with E-state index in [2.05, 4.69) is 59.5 Å². The normalized spacial score (nSPS) is 16.3.